The molecule has 0 bridgehead atoms. The van der Waals surface area contributed by atoms with Crippen molar-refractivity contribution >= 4 is 12.6 Å². The van der Waals surface area contributed by atoms with Crippen molar-refractivity contribution in [1.82, 2.24) is 4.98 Å². The maximum atomic E-state index is 5.57. The van der Waals surface area contributed by atoms with Gasteiger partial charge in [0.05, 0.1) is 18.9 Å². The molecule has 3 aromatic rings. The summed E-state index contributed by atoms with van der Waals surface area (Å²) in [7, 11) is 0. The number of thiol groups is 1. The van der Waals surface area contributed by atoms with Gasteiger partial charge in [0, 0.05) is 17.0 Å². The van der Waals surface area contributed by atoms with Crippen LogP contribution in [0.5, 0.6) is 11.5 Å². The standard InChI is InChI=1S/C14H18N2O3.C7H8S/c1-3-17-12-6-5-10(7-13(12)18-4-2)14-16-11(8-15)9-19-14;1-6-4-2-3-5-7(6)8/h5-7,9H,3-4,8,15H2,1-2H3;2-5,8H,1H3. The molecule has 0 amide bonds. The van der Waals surface area contributed by atoms with Gasteiger partial charge in [0.25, 0.3) is 0 Å². The summed E-state index contributed by atoms with van der Waals surface area (Å²) in [5, 5.41) is 0. The monoisotopic (exact) mass is 386 g/mol. The topological polar surface area (TPSA) is 70.5 Å². The molecule has 0 aliphatic rings. The minimum Gasteiger partial charge on any atom is -0.490 e. The number of nitrogens with zero attached hydrogens (tertiary/aromatic N) is 1. The van der Waals surface area contributed by atoms with E-state index < -0.39 is 0 Å². The van der Waals surface area contributed by atoms with Gasteiger partial charge in [0.1, 0.15) is 6.26 Å². The largest absolute Gasteiger partial charge is 0.490 e. The van der Waals surface area contributed by atoms with Crippen LogP contribution in [0.3, 0.4) is 0 Å². The SMILES string of the molecule is CCOc1ccc(-c2nc(CN)co2)cc1OCC.Cc1ccccc1S. The van der Waals surface area contributed by atoms with E-state index in [-0.39, 0.29) is 0 Å². The van der Waals surface area contributed by atoms with E-state index in [1.807, 2.05) is 63.2 Å². The van der Waals surface area contributed by atoms with E-state index in [0.29, 0.717) is 31.4 Å². The molecule has 0 aliphatic heterocycles. The van der Waals surface area contributed by atoms with Gasteiger partial charge in [0.15, 0.2) is 11.5 Å². The molecule has 0 atom stereocenters. The summed E-state index contributed by atoms with van der Waals surface area (Å²) < 4.78 is 16.5. The molecule has 0 unspecified atom stereocenters. The average molecular weight is 387 g/mol. The van der Waals surface area contributed by atoms with Crippen LogP contribution in [0.15, 0.2) is 58.0 Å². The van der Waals surface area contributed by atoms with E-state index in [1.165, 1.54) is 5.56 Å². The highest BCUT2D eigenvalue weighted by molar-refractivity contribution is 7.80. The number of hydrogen-bond acceptors (Lipinski definition) is 6. The van der Waals surface area contributed by atoms with Gasteiger partial charge in [-0.1, -0.05) is 18.2 Å². The molecule has 2 N–H and O–H groups in total. The lowest BCUT2D eigenvalue weighted by atomic mass is 10.2. The molecule has 0 aliphatic carbocycles. The van der Waals surface area contributed by atoms with E-state index in [2.05, 4.69) is 17.6 Å². The number of benzene rings is 2. The molecule has 0 fully saturated rings. The Kier molecular flexibility index (Phi) is 8.23. The first kappa shape index (κ1) is 20.9. The Bertz CT molecular complexity index is 828. The third-order valence-electron chi connectivity index (χ3n) is 3.67. The summed E-state index contributed by atoms with van der Waals surface area (Å²) in [6.07, 6.45) is 1.56. The zero-order chi connectivity index (χ0) is 19.6. The van der Waals surface area contributed by atoms with Crippen LogP contribution in [0.4, 0.5) is 0 Å². The Morgan fingerprint density at radius 1 is 1.04 bits per heavy atom. The fourth-order valence-corrected chi connectivity index (χ4v) is 2.44. The minimum absolute atomic E-state index is 0.360. The van der Waals surface area contributed by atoms with Crippen molar-refractivity contribution in [3.8, 4) is 23.0 Å². The van der Waals surface area contributed by atoms with Gasteiger partial charge in [-0.05, 0) is 50.6 Å². The first-order chi connectivity index (χ1) is 13.1. The van der Waals surface area contributed by atoms with Gasteiger partial charge in [-0.15, -0.1) is 12.6 Å². The molecule has 2 aromatic carbocycles. The zero-order valence-corrected chi connectivity index (χ0v) is 16.8. The summed E-state index contributed by atoms with van der Waals surface area (Å²) in [4.78, 5) is 5.35. The summed E-state index contributed by atoms with van der Waals surface area (Å²) in [6.45, 7) is 7.44. The molecule has 0 radical (unpaired) electrons. The summed E-state index contributed by atoms with van der Waals surface area (Å²) in [5.74, 6) is 1.94. The second-order valence-corrected chi connectivity index (χ2v) is 6.14. The molecule has 0 saturated heterocycles. The molecule has 0 saturated carbocycles. The molecule has 3 rings (SSSR count). The van der Waals surface area contributed by atoms with Crippen molar-refractivity contribution < 1.29 is 13.9 Å². The number of aryl methyl sites for hydroxylation is 1. The normalized spacial score (nSPS) is 10.1. The molecule has 0 spiro atoms. The predicted octanol–water partition coefficient (Wildman–Crippen LogP) is 4.88. The summed E-state index contributed by atoms with van der Waals surface area (Å²) >= 11 is 4.20. The number of nitrogens with two attached hydrogens (primary N) is 1. The van der Waals surface area contributed by atoms with Crippen LogP contribution >= 0.6 is 12.6 Å². The highest BCUT2D eigenvalue weighted by Gasteiger charge is 2.11. The average Bonchev–Trinajstić information content (AvgIpc) is 3.16. The van der Waals surface area contributed by atoms with Crippen LogP contribution in [-0.4, -0.2) is 18.2 Å². The van der Waals surface area contributed by atoms with Crippen LogP contribution < -0.4 is 15.2 Å². The Labute approximate surface area is 165 Å². The maximum absolute atomic E-state index is 5.57. The highest BCUT2D eigenvalue weighted by Crippen LogP contribution is 2.32. The first-order valence-corrected chi connectivity index (χ1v) is 9.32. The van der Waals surface area contributed by atoms with Crippen molar-refractivity contribution in [2.24, 2.45) is 5.73 Å². The molecule has 27 heavy (non-hydrogen) atoms. The second-order valence-electron chi connectivity index (χ2n) is 5.66. The van der Waals surface area contributed by atoms with Crippen LogP contribution in [0.2, 0.25) is 0 Å². The minimum atomic E-state index is 0.360. The molecule has 5 nitrogen and oxygen atoms in total. The van der Waals surface area contributed by atoms with Crippen molar-refractivity contribution in [2.75, 3.05) is 13.2 Å². The van der Waals surface area contributed by atoms with Gasteiger partial charge in [-0.25, -0.2) is 4.98 Å². The smallest absolute Gasteiger partial charge is 0.226 e. The summed E-state index contributed by atoms with van der Waals surface area (Å²) in [6, 6.07) is 13.6. The lowest BCUT2D eigenvalue weighted by molar-refractivity contribution is 0.288. The molecule has 1 heterocycles. The third kappa shape index (κ3) is 6.05. The van der Waals surface area contributed by atoms with Gasteiger partial charge in [0.2, 0.25) is 5.89 Å². The van der Waals surface area contributed by atoms with Crippen LogP contribution in [0.25, 0.3) is 11.5 Å². The van der Waals surface area contributed by atoms with Gasteiger partial charge in [-0.3, -0.25) is 0 Å². The number of rotatable bonds is 6. The van der Waals surface area contributed by atoms with Crippen molar-refractivity contribution in [2.45, 2.75) is 32.2 Å². The van der Waals surface area contributed by atoms with Crippen LogP contribution in [-0.2, 0) is 6.54 Å². The Hall–Kier alpha value is -2.44. The molecular formula is C21H26N2O3S. The fraction of sp³-hybridized carbons (Fsp3) is 0.286. The van der Waals surface area contributed by atoms with Crippen LogP contribution in [0, 0.1) is 6.92 Å². The van der Waals surface area contributed by atoms with E-state index >= 15 is 0 Å². The number of ether oxygens (including phenoxy) is 2. The number of hydrogen-bond donors (Lipinski definition) is 2. The zero-order valence-electron chi connectivity index (χ0n) is 15.9. The Morgan fingerprint density at radius 3 is 2.30 bits per heavy atom. The highest BCUT2D eigenvalue weighted by atomic mass is 32.1. The Balaban J connectivity index is 0.000000273. The Morgan fingerprint density at radius 2 is 1.74 bits per heavy atom. The fourth-order valence-electron chi connectivity index (χ4n) is 2.28. The van der Waals surface area contributed by atoms with Crippen molar-refractivity contribution in [3.05, 3.63) is 60.0 Å². The lowest BCUT2D eigenvalue weighted by Gasteiger charge is -2.11. The predicted molar refractivity (Wildman–Crippen MR) is 111 cm³/mol. The van der Waals surface area contributed by atoms with E-state index in [4.69, 9.17) is 19.6 Å². The van der Waals surface area contributed by atoms with Crippen molar-refractivity contribution in [1.29, 1.82) is 0 Å². The summed E-state index contributed by atoms with van der Waals surface area (Å²) in [5.41, 5.74) is 8.31. The van der Waals surface area contributed by atoms with E-state index in [1.54, 1.807) is 6.26 Å². The van der Waals surface area contributed by atoms with E-state index in [0.717, 1.165) is 21.9 Å². The number of oxazole rings is 1. The molecule has 6 heteroatoms. The molecule has 1 aromatic heterocycles. The number of aromatic nitrogens is 1. The van der Waals surface area contributed by atoms with Gasteiger partial charge in [-0.2, -0.15) is 0 Å². The quantitative estimate of drug-likeness (QED) is 0.591. The van der Waals surface area contributed by atoms with Crippen molar-refractivity contribution in [3.63, 3.8) is 0 Å². The van der Waals surface area contributed by atoms with Gasteiger partial charge < -0.3 is 19.6 Å². The molecule has 144 valence electrons. The van der Waals surface area contributed by atoms with Crippen LogP contribution in [0.1, 0.15) is 25.1 Å². The molecular weight excluding hydrogens is 360 g/mol. The first-order valence-electron chi connectivity index (χ1n) is 8.88. The third-order valence-corrected chi connectivity index (χ3v) is 4.17. The maximum Gasteiger partial charge on any atom is 0.226 e. The van der Waals surface area contributed by atoms with Gasteiger partial charge >= 0.3 is 0 Å². The lowest BCUT2D eigenvalue weighted by Crippen LogP contribution is -1.98. The second kappa shape index (κ2) is 10.6. The van der Waals surface area contributed by atoms with E-state index in [9.17, 15) is 0 Å².